The van der Waals surface area contributed by atoms with Crippen LogP contribution in [0, 0.1) is 6.92 Å². The summed E-state index contributed by atoms with van der Waals surface area (Å²) in [4.78, 5) is 0. The fourth-order valence-electron chi connectivity index (χ4n) is 0.584. The number of nitrogens with two attached hydrogens (primary N) is 1. The second-order valence-electron chi connectivity index (χ2n) is 1.71. The molecule has 3 nitrogen and oxygen atoms in total. The average molecular weight is 255 g/mol. The molecule has 0 aliphatic rings. The molecule has 1 heterocycles. The van der Waals surface area contributed by atoms with Gasteiger partial charge in [-0.3, -0.25) is 0 Å². The lowest BCUT2D eigenvalue weighted by molar-refractivity contribution is 0.974. The van der Waals surface area contributed by atoms with Gasteiger partial charge < -0.3 is 5.73 Å². The van der Waals surface area contributed by atoms with Gasteiger partial charge in [-0.25, -0.2) is 4.45 Å². The SMILES string of the molecule is Cc1cc(N)nn1PI. The largest absolute Gasteiger partial charge is 0.382 e. The van der Waals surface area contributed by atoms with E-state index in [9.17, 15) is 0 Å². The minimum absolute atomic E-state index is 0.608. The first-order chi connectivity index (χ1) is 4.24. The molecular formula is C4H7IN3P. The molecule has 0 spiro atoms. The highest BCUT2D eigenvalue weighted by Crippen LogP contribution is 2.25. The highest BCUT2D eigenvalue weighted by atomic mass is 127. The van der Waals surface area contributed by atoms with E-state index in [1.807, 2.05) is 17.4 Å². The average Bonchev–Trinajstić information content (AvgIpc) is 2.10. The Kier molecular flexibility index (Phi) is 2.29. The molecule has 5 heteroatoms. The number of anilines is 1. The molecule has 1 rings (SSSR count). The van der Waals surface area contributed by atoms with Crippen molar-refractivity contribution < 1.29 is 0 Å². The molecular weight excluding hydrogens is 248 g/mol. The minimum atomic E-state index is 0.608. The van der Waals surface area contributed by atoms with Gasteiger partial charge in [0, 0.05) is 11.8 Å². The maximum atomic E-state index is 5.42. The van der Waals surface area contributed by atoms with Gasteiger partial charge in [-0.15, -0.1) is 0 Å². The van der Waals surface area contributed by atoms with Crippen LogP contribution in [0.2, 0.25) is 0 Å². The Morgan fingerprint density at radius 3 is 2.78 bits per heavy atom. The van der Waals surface area contributed by atoms with Crippen molar-refractivity contribution in [3.63, 3.8) is 0 Å². The number of hydrogen-bond donors (Lipinski definition) is 1. The zero-order chi connectivity index (χ0) is 6.85. The summed E-state index contributed by atoms with van der Waals surface area (Å²) in [5.41, 5.74) is 6.55. The van der Waals surface area contributed by atoms with Crippen LogP contribution in [0.3, 0.4) is 0 Å². The molecule has 1 atom stereocenters. The quantitative estimate of drug-likeness (QED) is 0.611. The molecule has 0 bridgehead atoms. The van der Waals surface area contributed by atoms with Crippen molar-refractivity contribution in [1.29, 1.82) is 0 Å². The third-order valence-corrected chi connectivity index (χ3v) is 2.97. The van der Waals surface area contributed by atoms with Gasteiger partial charge in [0.25, 0.3) is 0 Å². The maximum absolute atomic E-state index is 5.42. The predicted molar refractivity (Wildman–Crippen MR) is 49.1 cm³/mol. The van der Waals surface area contributed by atoms with E-state index < -0.39 is 0 Å². The standard InChI is InChI=1S/C4H7IN3P/c1-3-2-4(6)7-8(3)9-5/h2,9H,1H3,(H2,6,7). The van der Waals surface area contributed by atoms with Crippen molar-refractivity contribution in [1.82, 2.24) is 9.55 Å². The second kappa shape index (κ2) is 2.84. The lowest BCUT2D eigenvalue weighted by atomic mass is 10.5. The number of nitrogens with zero attached hydrogens (tertiary/aromatic N) is 2. The van der Waals surface area contributed by atoms with Crippen LogP contribution in [0.5, 0.6) is 0 Å². The molecule has 1 aromatic rings. The normalized spacial score (nSPS) is 11.3. The van der Waals surface area contributed by atoms with Crippen LogP contribution in [0.25, 0.3) is 0 Å². The summed E-state index contributed by atoms with van der Waals surface area (Å²) in [6, 6.07) is 1.87. The fourth-order valence-corrected chi connectivity index (χ4v) is 2.40. The first kappa shape index (κ1) is 7.28. The van der Waals surface area contributed by atoms with Crippen molar-refractivity contribution in [2.24, 2.45) is 0 Å². The van der Waals surface area contributed by atoms with E-state index in [0.717, 1.165) is 5.69 Å². The highest BCUT2D eigenvalue weighted by molar-refractivity contribution is 14.2. The molecule has 0 fully saturated rings. The van der Waals surface area contributed by atoms with Crippen LogP contribution in [0.15, 0.2) is 6.07 Å². The van der Waals surface area contributed by atoms with Gasteiger partial charge >= 0.3 is 0 Å². The first-order valence-corrected chi connectivity index (χ1v) is 6.49. The van der Waals surface area contributed by atoms with E-state index >= 15 is 0 Å². The van der Waals surface area contributed by atoms with E-state index in [4.69, 9.17) is 5.73 Å². The molecule has 1 aromatic heterocycles. The van der Waals surface area contributed by atoms with Crippen molar-refractivity contribution >= 4 is 34.2 Å². The van der Waals surface area contributed by atoms with E-state index in [1.165, 1.54) is 0 Å². The molecule has 9 heavy (non-hydrogen) atoms. The molecule has 0 aromatic carbocycles. The Hall–Kier alpha value is 0.170. The van der Waals surface area contributed by atoms with Gasteiger partial charge in [-0.2, -0.15) is 5.10 Å². The molecule has 1 unspecified atom stereocenters. The summed E-state index contributed by atoms with van der Waals surface area (Å²) in [7, 11) is 0. The van der Waals surface area contributed by atoms with E-state index in [-0.39, 0.29) is 0 Å². The zero-order valence-electron chi connectivity index (χ0n) is 4.93. The monoisotopic (exact) mass is 255 g/mol. The van der Waals surface area contributed by atoms with Gasteiger partial charge in [0.05, 0.1) is 6.37 Å². The van der Waals surface area contributed by atoms with Crippen LogP contribution >= 0.6 is 28.4 Å². The number of aromatic nitrogens is 2. The lowest BCUT2D eigenvalue weighted by Crippen LogP contribution is -1.87. The maximum Gasteiger partial charge on any atom is 0.146 e. The molecule has 0 aliphatic heterocycles. The molecule has 50 valence electrons. The van der Waals surface area contributed by atoms with Gasteiger partial charge in [0.1, 0.15) is 5.82 Å². The molecule has 0 saturated heterocycles. The van der Waals surface area contributed by atoms with Crippen LogP contribution < -0.4 is 5.73 Å². The fraction of sp³-hybridized carbons (Fsp3) is 0.250. The summed E-state index contributed by atoms with van der Waals surface area (Å²) in [6.45, 7) is 2.00. The summed E-state index contributed by atoms with van der Waals surface area (Å²) in [6.07, 6.45) is 0.645. The van der Waals surface area contributed by atoms with Crippen LogP contribution in [-0.2, 0) is 0 Å². The Morgan fingerprint density at radius 1 is 1.89 bits per heavy atom. The summed E-state index contributed by atoms with van der Waals surface area (Å²) >= 11 is 2.26. The van der Waals surface area contributed by atoms with Gasteiger partial charge in [-0.1, -0.05) is 0 Å². The Morgan fingerprint density at radius 2 is 2.56 bits per heavy atom. The predicted octanol–water partition coefficient (Wildman–Crippen LogP) is 1.57. The second-order valence-corrected chi connectivity index (χ2v) is 3.75. The summed E-state index contributed by atoms with van der Waals surface area (Å²) < 4.78 is 1.88. The number of halogens is 1. The van der Waals surface area contributed by atoms with Crippen molar-refractivity contribution in [3.8, 4) is 0 Å². The number of nitrogen functional groups attached to an aromatic ring is 1. The van der Waals surface area contributed by atoms with Crippen molar-refractivity contribution in [2.45, 2.75) is 6.92 Å². The zero-order valence-corrected chi connectivity index (χ0v) is 8.08. The van der Waals surface area contributed by atoms with Crippen LogP contribution in [0.4, 0.5) is 5.82 Å². The molecule has 0 saturated carbocycles. The van der Waals surface area contributed by atoms with Crippen LogP contribution in [0.1, 0.15) is 5.69 Å². The van der Waals surface area contributed by atoms with Crippen molar-refractivity contribution in [3.05, 3.63) is 11.8 Å². The topological polar surface area (TPSA) is 43.8 Å². The Labute approximate surface area is 68.3 Å². The molecule has 0 aliphatic carbocycles. The van der Waals surface area contributed by atoms with Crippen LogP contribution in [-0.4, -0.2) is 9.55 Å². The van der Waals surface area contributed by atoms with Crippen molar-refractivity contribution in [2.75, 3.05) is 5.73 Å². The van der Waals surface area contributed by atoms with Gasteiger partial charge in [-0.05, 0) is 29.0 Å². The molecule has 0 amide bonds. The Bertz CT molecular complexity index is 210. The number of hydrogen-bond acceptors (Lipinski definition) is 2. The number of aryl methyl sites for hydroxylation is 1. The lowest BCUT2D eigenvalue weighted by Gasteiger charge is -1.93. The molecule has 0 radical (unpaired) electrons. The van der Waals surface area contributed by atoms with E-state index in [2.05, 4.69) is 27.1 Å². The van der Waals surface area contributed by atoms with E-state index in [1.54, 1.807) is 0 Å². The summed E-state index contributed by atoms with van der Waals surface area (Å²) in [5.74, 6) is 0.608. The highest BCUT2D eigenvalue weighted by Gasteiger charge is 1.96. The smallest absolute Gasteiger partial charge is 0.146 e. The number of rotatable bonds is 1. The van der Waals surface area contributed by atoms with E-state index in [0.29, 0.717) is 12.2 Å². The third-order valence-electron chi connectivity index (χ3n) is 0.986. The van der Waals surface area contributed by atoms with Gasteiger partial charge in [0.15, 0.2) is 0 Å². The Balaban J connectivity index is 3.01. The minimum Gasteiger partial charge on any atom is -0.382 e. The molecule has 2 N–H and O–H groups in total. The third kappa shape index (κ3) is 1.55. The summed E-state index contributed by atoms with van der Waals surface area (Å²) in [5, 5.41) is 4.03. The first-order valence-electron chi connectivity index (χ1n) is 2.43. The van der Waals surface area contributed by atoms with Gasteiger partial charge in [0.2, 0.25) is 0 Å².